The van der Waals surface area contributed by atoms with Gasteiger partial charge in [0.1, 0.15) is 12.4 Å². The number of carbonyl (C=O) groups excluding carboxylic acids is 3. The Hall–Kier alpha value is -3.41. The predicted molar refractivity (Wildman–Crippen MR) is 105 cm³/mol. The van der Waals surface area contributed by atoms with Gasteiger partial charge in [-0.15, -0.1) is 0 Å². The average molecular weight is 378 g/mol. The molecule has 1 aliphatic rings. The van der Waals surface area contributed by atoms with Crippen LogP contribution in [0.3, 0.4) is 0 Å². The van der Waals surface area contributed by atoms with Gasteiger partial charge in [-0.05, 0) is 29.8 Å². The molecule has 0 saturated carbocycles. The van der Waals surface area contributed by atoms with Crippen LogP contribution in [0.2, 0.25) is 0 Å². The molecule has 6 heteroatoms. The third-order valence-electron chi connectivity index (χ3n) is 4.56. The molecule has 2 aromatic rings. The minimum Gasteiger partial charge on any atom is -0.490 e. The van der Waals surface area contributed by atoms with Crippen LogP contribution in [0.1, 0.15) is 32.7 Å². The number of imide groups is 1. The molecule has 3 rings (SSSR count). The zero-order chi connectivity index (χ0) is 20.1. The molecule has 3 amide bonds. The first kappa shape index (κ1) is 19.4. The first-order valence-electron chi connectivity index (χ1n) is 9.03. The van der Waals surface area contributed by atoms with Crippen LogP contribution in [-0.2, 0) is 11.3 Å². The maximum absolute atomic E-state index is 12.4. The summed E-state index contributed by atoms with van der Waals surface area (Å²) in [7, 11) is 1.70. The van der Waals surface area contributed by atoms with Gasteiger partial charge in [-0.2, -0.15) is 0 Å². The number of ether oxygens (including phenoxy) is 1. The second-order valence-electron chi connectivity index (χ2n) is 6.55. The average Bonchev–Trinajstić information content (AvgIpc) is 2.96. The summed E-state index contributed by atoms with van der Waals surface area (Å²) >= 11 is 0. The van der Waals surface area contributed by atoms with E-state index in [1.165, 1.54) is 0 Å². The van der Waals surface area contributed by atoms with Gasteiger partial charge in [-0.3, -0.25) is 19.3 Å². The van der Waals surface area contributed by atoms with Crippen molar-refractivity contribution in [2.45, 2.75) is 13.0 Å². The Morgan fingerprint density at radius 2 is 1.68 bits per heavy atom. The molecular formula is C22H22N2O4. The van der Waals surface area contributed by atoms with Gasteiger partial charge in [-0.1, -0.05) is 36.9 Å². The molecule has 2 aromatic carbocycles. The number of hydrogen-bond acceptors (Lipinski definition) is 4. The third-order valence-corrected chi connectivity index (χ3v) is 4.56. The first-order valence-corrected chi connectivity index (χ1v) is 9.03. The van der Waals surface area contributed by atoms with E-state index >= 15 is 0 Å². The lowest BCUT2D eigenvalue weighted by atomic mass is 10.1. The summed E-state index contributed by atoms with van der Waals surface area (Å²) < 4.78 is 5.44. The maximum atomic E-state index is 12.4. The fourth-order valence-electron chi connectivity index (χ4n) is 3.05. The van der Waals surface area contributed by atoms with Crippen molar-refractivity contribution in [3.8, 4) is 5.75 Å². The Balaban J connectivity index is 1.53. The normalized spacial score (nSPS) is 12.7. The van der Waals surface area contributed by atoms with Crippen molar-refractivity contribution in [2.24, 2.45) is 0 Å². The number of rotatable bonds is 8. The topological polar surface area (TPSA) is 66.9 Å². The van der Waals surface area contributed by atoms with E-state index in [1.807, 2.05) is 24.3 Å². The molecule has 28 heavy (non-hydrogen) atoms. The predicted octanol–water partition coefficient (Wildman–Crippen LogP) is 2.90. The van der Waals surface area contributed by atoms with Crippen LogP contribution in [0.15, 0.2) is 61.2 Å². The van der Waals surface area contributed by atoms with Crippen LogP contribution in [0.4, 0.5) is 0 Å². The summed E-state index contributed by atoms with van der Waals surface area (Å²) in [6.45, 7) is 4.55. The van der Waals surface area contributed by atoms with Crippen molar-refractivity contribution in [2.75, 3.05) is 20.2 Å². The van der Waals surface area contributed by atoms with E-state index in [9.17, 15) is 14.4 Å². The molecular weight excluding hydrogens is 356 g/mol. The minimum atomic E-state index is -0.342. The molecule has 0 unspecified atom stereocenters. The van der Waals surface area contributed by atoms with Gasteiger partial charge in [0.15, 0.2) is 0 Å². The van der Waals surface area contributed by atoms with E-state index in [-0.39, 0.29) is 30.7 Å². The number of nitrogens with zero attached hydrogens (tertiary/aromatic N) is 2. The molecule has 0 aromatic heterocycles. The summed E-state index contributed by atoms with van der Waals surface area (Å²) in [6.07, 6.45) is 1.76. The van der Waals surface area contributed by atoms with E-state index in [1.54, 1.807) is 42.3 Å². The van der Waals surface area contributed by atoms with Crippen LogP contribution in [0.25, 0.3) is 0 Å². The summed E-state index contributed by atoms with van der Waals surface area (Å²) in [6, 6.07) is 14.2. The highest BCUT2D eigenvalue weighted by molar-refractivity contribution is 6.21. The van der Waals surface area contributed by atoms with Gasteiger partial charge >= 0.3 is 0 Å². The highest BCUT2D eigenvalue weighted by Gasteiger charge is 2.35. The molecule has 0 bridgehead atoms. The fraction of sp³-hybridized carbons (Fsp3) is 0.227. The fourth-order valence-corrected chi connectivity index (χ4v) is 3.05. The number of benzene rings is 2. The summed E-state index contributed by atoms with van der Waals surface area (Å²) in [5, 5.41) is 0. The Bertz CT molecular complexity index is 870. The Morgan fingerprint density at radius 1 is 1.07 bits per heavy atom. The molecule has 0 N–H and O–H groups in total. The van der Waals surface area contributed by atoms with Crippen molar-refractivity contribution in [1.82, 2.24) is 9.80 Å². The van der Waals surface area contributed by atoms with E-state index in [2.05, 4.69) is 6.58 Å². The quantitative estimate of drug-likeness (QED) is 0.523. The van der Waals surface area contributed by atoms with Gasteiger partial charge in [-0.25, -0.2) is 0 Å². The lowest BCUT2D eigenvalue weighted by Crippen LogP contribution is -2.35. The number of amides is 3. The van der Waals surface area contributed by atoms with Crippen molar-refractivity contribution in [3.05, 3.63) is 77.9 Å². The standard InChI is InChI=1S/C22H22N2O4/c1-3-14-28-17-10-8-16(9-11-17)15-23(2)20(25)12-13-24-21(26)18-6-4-5-7-19(18)22(24)27/h3-11H,1,12-15H2,2H3. The highest BCUT2D eigenvalue weighted by Crippen LogP contribution is 2.22. The molecule has 0 atom stereocenters. The minimum absolute atomic E-state index is 0.0733. The number of carbonyl (C=O) groups is 3. The Morgan fingerprint density at radius 3 is 2.25 bits per heavy atom. The van der Waals surface area contributed by atoms with Crippen LogP contribution >= 0.6 is 0 Å². The van der Waals surface area contributed by atoms with Crippen molar-refractivity contribution in [1.29, 1.82) is 0 Å². The SMILES string of the molecule is C=CCOc1ccc(CN(C)C(=O)CCN2C(=O)c3ccccc3C2=O)cc1. The van der Waals surface area contributed by atoms with Gasteiger partial charge in [0.2, 0.25) is 5.91 Å². The zero-order valence-electron chi connectivity index (χ0n) is 15.8. The summed E-state index contributed by atoms with van der Waals surface area (Å²) in [5.74, 6) is -0.0795. The highest BCUT2D eigenvalue weighted by atomic mass is 16.5. The molecule has 144 valence electrons. The zero-order valence-corrected chi connectivity index (χ0v) is 15.8. The van der Waals surface area contributed by atoms with Crippen LogP contribution in [-0.4, -0.2) is 47.7 Å². The van der Waals surface area contributed by atoms with Gasteiger partial charge in [0, 0.05) is 26.6 Å². The molecule has 6 nitrogen and oxygen atoms in total. The lowest BCUT2D eigenvalue weighted by molar-refractivity contribution is -0.130. The number of hydrogen-bond donors (Lipinski definition) is 0. The maximum Gasteiger partial charge on any atom is 0.261 e. The van der Waals surface area contributed by atoms with E-state index in [0.717, 1.165) is 16.2 Å². The molecule has 0 radical (unpaired) electrons. The Labute approximate surface area is 164 Å². The van der Waals surface area contributed by atoms with Crippen molar-refractivity contribution in [3.63, 3.8) is 0 Å². The third kappa shape index (κ3) is 4.11. The summed E-state index contributed by atoms with van der Waals surface area (Å²) in [4.78, 5) is 39.9. The molecule has 0 spiro atoms. The smallest absolute Gasteiger partial charge is 0.261 e. The van der Waals surface area contributed by atoms with Crippen molar-refractivity contribution >= 4 is 17.7 Å². The lowest BCUT2D eigenvalue weighted by Gasteiger charge is -2.19. The monoisotopic (exact) mass is 378 g/mol. The van der Waals surface area contributed by atoms with E-state index in [0.29, 0.717) is 24.3 Å². The van der Waals surface area contributed by atoms with E-state index < -0.39 is 0 Å². The van der Waals surface area contributed by atoms with Gasteiger partial charge < -0.3 is 9.64 Å². The first-order chi connectivity index (χ1) is 13.5. The second kappa shape index (κ2) is 8.52. The van der Waals surface area contributed by atoms with Crippen LogP contribution in [0, 0.1) is 0 Å². The van der Waals surface area contributed by atoms with Gasteiger partial charge in [0.05, 0.1) is 11.1 Å². The number of fused-ring (bicyclic) bond motifs is 1. The van der Waals surface area contributed by atoms with E-state index in [4.69, 9.17) is 4.74 Å². The molecule has 1 aliphatic heterocycles. The molecule has 0 aliphatic carbocycles. The largest absolute Gasteiger partial charge is 0.490 e. The molecule has 1 heterocycles. The van der Waals surface area contributed by atoms with Crippen LogP contribution < -0.4 is 4.74 Å². The van der Waals surface area contributed by atoms with Crippen LogP contribution in [0.5, 0.6) is 5.75 Å². The van der Waals surface area contributed by atoms with Crippen molar-refractivity contribution < 1.29 is 19.1 Å². The molecule has 0 saturated heterocycles. The summed E-state index contributed by atoms with van der Waals surface area (Å²) in [5.41, 5.74) is 1.75. The second-order valence-corrected chi connectivity index (χ2v) is 6.55. The molecule has 0 fully saturated rings. The Kier molecular flexibility index (Phi) is 5.89. The van der Waals surface area contributed by atoms with Gasteiger partial charge in [0.25, 0.3) is 11.8 Å².